The second-order valence-corrected chi connectivity index (χ2v) is 12.9. The quantitative estimate of drug-likeness (QED) is 0.544. The third-order valence-electron chi connectivity index (χ3n) is 10.9. The highest BCUT2D eigenvalue weighted by molar-refractivity contribution is 5.84. The summed E-state index contributed by atoms with van der Waals surface area (Å²) in [6.45, 7) is 4.04. The number of carbonyl (C=O) groups is 1. The van der Waals surface area contributed by atoms with Crippen molar-refractivity contribution in [2.75, 3.05) is 6.61 Å². The number of nitrogens with zero attached hydrogens (tertiary/aromatic N) is 1. The van der Waals surface area contributed by atoms with Crippen LogP contribution in [0.1, 0.15) is 71.6 Å². The molecule has 2 aromatic rings. The van der Waals surface area contributed by atoms with E-state index in [-0.39, 0.29) is 35.6 Å². The highest BCUT2D eigenvalue weighted by Crippen LogP contribution is 2.66. The van der Waals surface area contributed by atoms with Crippen LogP contribution < -0.4 is 10.3 Å². The molecule has 1 aromatic carbocycles. The molecule has 0 saturated heterocycles. The van der Waals surface area contributed by atoms with Crippen LogP contribution in [0.2, 0.25) is 0 Å². The molecule has 4 aliphatic carbocycles. The lowest BCUT2D eigenvalue weighted by Gasteiger charge is -2.59. The Labute approximate surface area is 216 Å². The Hall–Kier alpha value is -2.41. The zero-order valence-corrected chi connectivity index (χ0v) is 21.8. The molecule has 0 radical (unpaired) electrons. The Morgan fingerprint density at radius 3 is 2.65 bits per heavy atom. The van der Waals surface area contributed by atoms with Crippen LogP contribution in [0.4, 0.5) is 4.39 Å². The molecule has 0 unspecified atom stereocenters. The number of ether oxygens (including phenoxy) is 1. The molecule has 8 atom stereocenters. The summed E-state index contributed by atoms with van der Waals surface area (Å²) in [5, 5.41) is 21.3. The zero-order valence-electron chi connectivity index (χ0n) is 21.8. The number of carbonyl (C=O) groups excluding carboxylic acids is 1. The molecule has 0 amide bonds. The molecule has 1 heterocycles. The van der Waals surface area contributed by atoms with Gasteiger partial charge in [-0.25, -0.2) is 4.39 Å². The predicted molar refractivity (Wildman–Crippen MR) is 137 cm³/mol. The van der Waals surface area contributed by atoms with E-state index in [4.69, 9.17) is 4.74 Å². The lowest BCUT2D eigenvalue weighted by Crippen LogP contribution is -2.58. The smallest absolute Gasteiger partial charge is 0.283 e. The molecule has 6 rings (SSSR count). The number of hydrogen-bond donors (Lipinski definition) is 2. The second kappa shape index (κ2) is 8.55. The number of aliphatic hydroxyl groups is 1. The van der Waals surface area contributed by atoms with E-state index in [0.29, 0.717) is 52.5 Å². The summed E-state index contributed by atoms with van der Waals surface area (Å²) < 4.78 is 23.0. The molecule has 4 fully saturated rings. The molecule has 4 aliphatic rings. The average molecular weight is 512 g/mol. The molecule has 37 heavy (non-hydrogen) atoms. The lowest BCUT2D eigenvalue weighted by molar-refractivity contribution is -0.166. The summed E-state index contributed by atoms with van der Waals surface area (Å²) in [5.74, 6) is 1.06. The summed E-state index contributed by atoms with van der Waals surface area (Å²) in [4.78, 5) is 25.2. The third kappa shape index (κ3) is 3.91. The highest BCUT2D eigenvalue weighted by Gasteiger charge is 2.63. The van der Waals surface area contributed by atoms with E-state index in [1.807, 2.05) is 6.92 Å². The number of Topliss-reactive ketones (excluding diaryl/α,β-unsaturated/α-hetero) is 1. The van der Waals surface area contributed by atoms with E-state index < -0.39 is 16.8 Å². The molecular formula is C30H38FNO5. The second-order valence-electron chi connectivity index (χ2n) is 12.9. The van der Waals surface area contributed by atoms with E-state index in [1.54, 1.807) is 24.3 Å². The van der Waals surface area contributed by atoms with E-state index in [0.717, 1.165) is 38.5 Å². The van der Waals surface area contributed by atoms with Gasteiger partial charge >= 0.3 is 0 Å². The van der Waals surface area contributed by atoms with Crippen molar-refractivity contribution in [3.63, 3.8) is 0 Å². The molecule has 200 valence electrons. The molecule has 7 heteroatoms. The SMILES string of the molecule is C[C@@]1(O)CC[C@@]2(F)[C@H](CC[C@H]3[C@@H]4CC[C@H](C(=O)COc5ccc6ccc(=O)n(O)c6c5)[C@@]4(C)CC[C@@H]32)C1. The van der Waals surface area contributed by atoms with Gasteiger partial charge in [0.15, 0.2) is 5.78 Å². The maximum absolute atomic E-state index is 16.6. The fourth-order valence-corrected chi connectivity index (χ4v) is 9.05. The zero-order chi connectivity index (χ0) is 26.2. The van der Waals surface area contributed by atoms with Gasteiger partial charge in [-0.15, -0.1) is 4.73 Å². The van der Waals surface area contributed by atoms with E-state index in [2.05, 4.69) is 6.92 Å². The predicted octanol–water partition coefficient (Wildman–Crippen LogP) is 5.30. The average Bonchev–Trinajstić information content (AvgIpc) is 3.22. The number of alkyl halides is 1. The molecule has 0 aliphatic heterocycles. The van der Waals surface area contributed by atoms with Crippen LogP contribution in [0, 0.1) is 35.0 Å². The van der Waals surface area contributed by atoms with E-state index >= 15 is 4.39 Å². The topological polar surface area (TPSA) is 88.8 Å². The number of halogens is 1. The molecule has 0 bridgehead atoms. The Bertz CT molecular complexity index is 1290. The van der Waals surface area contributed by atoms with Crippen LogP contribution in [-0.2, 0) is 4.79 Å². The number of benzene rings is 1. The van der Waals surface area contributed by atoms with Gasteiger partial charge in [0.25, 0.3) is 5.56 Å². The van der Waals surface area contributed by atoms with Crippen LogP contribution in [0.3, 0.4) is 0 Å². The number of rotatable bonds is 4. The van der Waals surface area contributed by atoms with Crippen molar-refractivity contribution in [3.8, 4) is 5.75 Å². The van der Waals surface area contributed by atoms with Crippen molar-refractivity contribution >= 4 is 16.7 Å². The molecule has 4 saturated carbocycles. The van der Waals surface area contributed by atoms with Crippen molar-refractivity contribution in [1.29, 1.82) is 0 Å². The van der Waals surface area contributed by atoms with Gasteiger partial charge in [-0.05, 0) is 112 Å². The minimum atomic E-state index is -1.18. The number of pyridine rings is 1. The van der Waals surface area contributed by atoms with Gasteiger partial charge in [0.2, 0.25) is 0 Å². The number of ketones is 1. The van der Waals surface area contributed by atoms with Gasteiger partial charge in [0.1, 0.15) is 18.0 Å². The van der Waals surface area contributed by atoms with Gasteiger partial charge in [-0.1, -0.05) is 6.92 Å². The molecule has 2 N–H and O–H groups in total. The Kier molecular flexibility index (Phi) is 5.76. The maximum Gasteiger partial charge on any atom is 0.283 e. The normalized spacial score (nSPS) is 41.0. The summed E-state index contributed by atoms with van der Waals surface area (Å²) >= 11 is 0. The lowest BCUT2D eigenvalue weighted by atomic mass is 9.48. The van der Waals surface area contributed by atoms with Crippen LogP contribution in [0.15, 0.2) is 35.1 Å². The minimum absolute atomic E-state index is 0.0409. The molecular weight excluding hydrogens is 473 g/mol. The summed E-state index contributed by atoms with van der Waals surface area (Å²) in [6.07, 6.45) is 6.83. The Morgan fingerprint density at radius 2 is 1.84 bits per heavy atom. The maximum atomic E-state index is 16.6. The molecule has 1 aromatic heterocycles. The van der Waals surface area contributed by atoms with Gasteiger partial charge in [-0.2, -0.15) is 0 Å². The van der Waals surface area contributed by atoms with Gasteiger partial charge in [0, 0.05) is 23.4 Å². The standard InChI is InChI=1S/C30H38FNO5/c1-28(35)13-14-30(31)19(16-28)5-7-21-22-8-9-24(29(22,2)12-11-23(21)30)26(33)17-37-20-6-3-18-4-10-27(34)32(36)25(18)15-20/h3-4,6,10,15,19,21-24,35-36H,5,7-9,11-14,16-17H2,1-2H3/t19-,21+,22+,23+,24-,28-,29+,30-/m1/s1. The van der Waals surface area contributed by atoms with Crippen molar-refractivity contribution in [3.05, 3.63) is 40.7 Å². The summed E-state index contributed by atoms with van der Waals surface area (Å²) in [7, 11) is 0. The monoisotopic (exact) mass is 511 g/mol. The molecule has 0 spiro atoms. The number of hydrogen-bond acceptors (Lipinski definition) is 5. The van der Waals surface area contributed by atoms with Crippen molar-refractivity contribution in [2.45, 2.75) is 82.9 Å². The first-order chi connectivity index (χ1) is 17.5. The van der Waals surface area contributed by atoms with Crippen LogP contribution in [0.5, 0.6) is 5.75 Å². The van der Waals surface area contributed by atoms with E-state index in [1.165, 1.54) is 6.07 Å². The van der Waals surface area contributed by atoms with Crippen molar-refractivity contribution in [1.82, 2.24) is 4.73 Å². The van der Waals surface area contributed by atoms with Crippen LogP contribution in [-0.4, -0.2) is 38.7 Å². The van der Waals surface area contributed by atoms with Gasteiger partial charge < -0.3 is 15.1 Å². The summed E-state index contributed by atoms with van der Waals surface area (Å²) in [6, 6.07) is 8.01. The van der Waals surface area contributed by atoms with Gasteiger partial charge in [-0.3, -0.25) is 9.59 Å². The first-order valence-corrected chi connectivity index (χ1v) is 13.9. The Balaban J connectivity index is 1.16. The van der Waals surface area contributed by atoms with Crippen LogP contribution in [0.25, 0.3) is 10.9 Å². The Morgan fingerprint density at radius 1 is 1.05 bits per heavy atom. The van der Waals surface area contributed by atoms with Crippen LogP contribution >= 0.6 is 0 Å². The van der Waals surface area contributed by atoms with Crippen molar-refractivity contribution < 1.29 is 24.2 Å². The number of aromatic nitrogens is 1. The first kappa shape index (κ1) is 24.9. The molecule has 6 nitrogen and oxygen atoms in total. The number of fused-ring (bicyclic) bond motifs is 6. The minimum Gasteiger partial charge on any atom is -0.486 e. The first-order valence-electron chi connectivity index (χ1n) is 13.9. The largest absolute Gasteiger partial charge is 0.486 e. The third-order valence-corrected chi connectivity index (χ3v) is 10.9. The fraction of sp³-hybridized carbons (Fsp3) is 0.667. The van der Waals surface area contributed by atoms with E-state index in [9.17, 15) is 19.9 Å². The fourth-order valence-electron chi connectivity index (χ4n) is 9.05. The highest BCUT2D eigenvalue weighted by atomic mass is 19.1. The van der Waals surface area contributed by atoms with Crippen molar-refractivity contribution in [2.24, 2.45) is 35.0 Å². The van der Waals surface area contributed by atoms with Gasteiger partial charge in [0.05, 0.1) is 11.1 Å². The summed E-state index contributed by atoms with van der Waals surface area (Å²) in [5.41, 5.74) is -2.25.